The molecule has 0 fully saturated rings. The van der Waals surface area contributed by atoms with E-state index in [9.17, 15) is 4.79 Å². The normalized spacial score (nSPS) is 10.8. The third-order valence-electron chi connectivity index (χ3n) is 5.47. The van der Waals surface area contributed by atoms with Gasteiger partial charge in [-0.15, -0.1) is 0 Å². The van der Waals surface area contributed by atoms with Gasteiger partial charge in [0.1, 0.15) is 11.3 Å². The molecule has 0 aliphatic heterocycles. The maximum Gasteiger partial charge on any atom is 0.235 e. The van der Waals surface area contributed by atoms with Gasteiger partial charge in [0.15, 0.2) is 17.3 Å². The zero-order chi connectivity index (χ0) is 24.1. The Morgan fingerprint density at radius 1 is 0.824 bits per heavy atom. The average Bonchev–Trinajstić information content (AvgIpc) is 2.85. The lowest BCUT2D eigenvalue weighted by molar-refractivity contribution is 0.244. The molecule has 3 aromatic carbocycles. The minimum absolute atomic E-state index is 0.171. The third-order valence-corrected chi connectivity index (χ3v) is 5.47. The Balaban J connectivity index is 1.68. The van der Waals surface area contributed by atoms with Crippen molar-refractivity contribution in [3.8, 4) is 34.3 Å². The van der Waals surface area contributed by atoms with Crippen LogP contribution in [0.15, 0.2) is 69.9 Å². The predicted molar refractivity (Wildman–Crippen MR) is 133 cm³/mol. The minimum Gasteiger partial charge on any atom is -0.493 e. The highest BCUT2D eigenvalue weighted by Crippen LogP contribution is 2.37. The van der Waals surface area contributed by atoms with Crippen LogP contribution >= 0.6 is 0 Å². The number of ether oxygens (including phenoxy) is 4. The molecule has 6 heteroatoms. The standard InChI is InChI=1S/C28H28O6/c1-18-15-19(2)26-22(16-18)25(29)28(33-14-8-13-32-21-9-6-5-7-10-21)27(34-26)20-11-12-23(30-3)24(17-20)31-4/h5-7,9-12,15-17H,8,13-14H2,1-4H3. The Kier molecular flexibility index (Phi) is 7.07. The van der Waals surface area contributed by atoms with Crippen LogP contribution in [-0.2, 0) is 0 Å². The molecule has 0 amide bonds. The second-order valence-electron chi connectivity index (χ2n) is 7.98. The number of hydrogen-bond acceptors (Lipinski definition) is 6. The summed E-state index contributed by atoms with van der Waals surface area (Å²) >= 11 is 0. The van der Waals surface area contributed by atoms with Crippen LogP contribution in [0.25, 0.3) is 22.3 Å². The van der Waals surface area contributed by atoms with Gasteiger partial charge in [-0.2, -0.15) is 0 Å². The van der Waals surface area contributed by atoms with Crippen LogP contribution in [0.5, 0.6) is 23.0 Å². The van der Waals surface area contributed by atoms with Crippen molar-refractivity contribution in [3.05, 3.63) is 82.0 Å². The van der Waals surface area contributed by atoms with E-state index in [2.05, 4.69) is 0 Å². The topological polar surface area (TPSA) is 67.1 Å². The van der Waals surface area contributed by atoms with Gasteiger partial charge < -0.3 is 23.4 Å². The van der Waals surface area contributed by atoms with E-state index in [1.807, 2.05) is 62.4 Å². The molecule has 0 aliphatic carbocycles. The van der Waals surface area contributed by atoms with Crippen molar-refractivity contribution >= 4 is 11.0 Å². The first-order chi connectivity index (χ1) is 16.5. The Hall–Kier alpha value is -3.93. The summed E-state index contributed by atoms with van der Waals surface area (Å²) in [7, 11) is 3.14. The van der Waals surface area contributed by atoms with E-state index in [0.29, 0.717) is 53.4 Å². The Morgan fingerprint density at radius 3 is 2.29 bits per heavy atom. The third kappa shape index (κ3) is 4.86. The fraction of sp³-hybridized carbons (Fsp3) is 0.250. The van der Waals surface area contributed by atoms with Crippen LogP contribution < -0.4 is 24.4 Å². The molecule has 1 aromatic heterocycles. The molecule has 34 heavy (non-hydrogen) atoms. The first-order valence-corrected chi connectivity index (χ1v) is 11.1. The van der Waals surface area contributed by atoms with E-state index in [1.165, 1.54) is 0 Å². The molecule has 6 nitrogen and oxygen atoms in total. The fourth-order valence-electron chi connectivity index (χ4n) is 3.87. The molecule has 0 spiro atoms. The van der Waals surface area contributed by atoms with E-state index in [-0.39, 0.29) is 11.2 Å². The van der Waals surface area contributed by atoms with Gasteiger partial charge in [0.2, 0.25) is 11.2 Å². The zero-order valence-electron chi connectivity index (χ0n) is 19.8. The maximum atomic E-state index is 13.5. The lowest BCUT2D eigenvalue weighted by atomic mass is 10.0. The molecule has 0 saturated carbocycles. The number of aryl methyl sites for hydroxylation is 2. The molecule has 176 valence electrons. The molecule has 0 N–H and O–H groups in total. The second-order valence-corrected chi connectivity index (χ2v) is 7.98. The van der Waals surface area contributed by atoms with Crippen LogP contribution in [-0.4, -0.2) is 27.4 Å². The van der Waals surface area contributed by atoms with Gasteiger partial charge in [0.05, 0.1) is 32.8 Å². The van der Waals surface area contributed by atoms with Gasteiger partial charge in [-0.25, -0.2) is 0 Å². The van der Waals surface area contributed by atoms with E-state index in [0.717, 1.165) is 16.9 Å². The average molecular weight is 461 g/mol. The van der Waals surface area contributed by atoms with Crippen LogP contribution in [0.1, 0.15) is 17.5 Å². The van der Waals surface area contributed by atoms with Gasteiger partial charge >= 0.3 is 0 Å². The second kappa shape index (κ2) is 10.3. The highest BCUT2D eigenvalue weighted by Gasteiger charge is 2.20. The Morgan fingerprint density at radius 2 is 1.56 bits per heavy atom. The maximum absolute atomic E-state index is 13.5. The van der Waals surface area contributed by atoms with Crippen molar-refractivity contribution in [1.82, 2.24) is 0 Å². The first kappa shape index (κ1) is 23.2. The van der Waals surface area contributed by atoms with Crippen LogP contribution in [0, 0.1) is 13.8 Å². The quantitative estimate of drug-likeness (QED) is 0.288. The molecule has 0 atom stereocenters. The number of para-hydroxylation sites is 1. The van der Waals surface area contributed by atoms with E-state index < -0.39 is 0 Å². The van der Waals surface area contributed by atoms with Crippen LogP contribution in [0.4, 0.5) is 0 Å². The van der Waals surface area contributed by atoms with Crippen LogP contribution in [0.2, 0.25) is 0 Å². The van der Waals surface area contributed by atoms with Gasteiger partial charge in [0, 0.05) is 12.0 Å². The van der Waals surface area contributed by atoms with Crippen molar-refractivity contribution in [2.45, 2.75) is 20.3 Å². The molecule has 4 aromatic rings. The molecular weight excluding hydrogens is 432 g/mol. The molecule has 1 heterocycles. The molecule has 0 aliphatic rings. The number of methoxy groups -OCH3 is 2. The minimum atomic E-state index is -0.207. The van der Waals surface area contributed by atoms with Gasteiger partial charge in [-0.1, -0.05) is 24.3 Å². The van der Waals surface area contributed by atoms with Crippen molar-refractivity contribution in [2.24, 2.45) is 0 Å². The van der Waals surface area contributed by atoms with Gasteiger partial charge in [-0.3, -0.25) is 4.79 Å². The Bertz CT molecular complexity index is 1340. The van der Waals surface area contributed by atoms with Crippen molar-refractivity contribution < 1.29 is 23.4 Å². The highest BCUT2D eigenvalue weighted by atomic mass is 16.5. The summed E-state index contributed by atoms with van der Waals surface area (Å²) in [6.07, 6.45) is 0.602. The molecule has 0 unspecified atom stereocenters. The molecule has 0 bridgehead atoms. The van der Waals surface area contributed by atoms with Gasteiger partial charge in [0.25, 0.3) is 0 Å². The smallest absolute Gasteiger partial charge is 0.235 e. The van der Waals surface area contributed by atoms with Crippen LogP contribution in [0.3, 0.4) is 0 Å². The summed E-state index contributed by atoms with van der Waals surface area (Å²) in [5, 5.41) is 0.497. The predicted octanol–water partition coefficient (Wildman–Crippen LogP) is 5.94. The van der Waals surface area contributed by atoms with E-state index in [1.54, 1.807) is 26.4 Å². The van der Waals surface area contributed by atoms with Crippen molar-refractivity contribution in [1.29, 1.82) is 0 Å². The molecule has 0 radical (unpaired) electrons. The summed E-state index contributed by atoms with van der Waals surface area (Å²) < 4.78 is 28.8. The zero-order valence-corrected chi connectivity index (χ0v) is 19.8. The summed E-state index contributed by atoms with van der Waals surface area (Å²) in [5.41, 5.74) is 2.86. The number of hydrogen-bond donors (Lipinski definition) is 0. The number of benzene rings is 3. The largest absolute Gasteiger partial charge is 0.493 e. The van der Waals surface area contributed by atoms with Gasteiger partial charge in [-0.05, 0) is 61.4 Å². The Labute approximate surface area is 198 Å². The molecule has 0 saturated heterocycles. The van der Waals surface area contributed by atoms with Crippen molar-refractivity contribution in [2.75, 3.05) is 27.4 Å². The summed E-state index contributed by atoms with van der Waals surface area (Å²) in [6, 6.07) is 18.8. The molecular formula is C28H28O6. The number of rotatable bonds is 9. The lowest BCUT2D eigenvalue weighted by Gasteiger charge is -2.15. The van der Waals surface area contributed by atoms with E-state index in [4.69, 9.17) is 23.4 Å². The summed E-state index contributed by atoms with van der Waals surface area (Å²) in [6.45, 7) is 4.65. The highest BCUT2D eigenvalue weighted by molar-refractivity contribution is 5.85. The first-order valence-electron chi connectivity index (χ1n) is 11.1. The molecule has 4 rings (SSSR count). The fourth-order valence-corrected chi connectivity index (χ4v) is 3.87. The summed E-state index contributed by atoms with van der Waals surface area (Å²) in [4.78, 5) is 13.5. The van der Waals surface area contributed by atoms with Crippen molar-refractivity contribution in [3.63, 3.8) is 0 Å². The summed E-state index contributed by atoms with van der Waals surface area (Å²) in [5.74, 6) is 2.44. The lowest BCUT2D eigenvalue weighted by Crippen LogP contribution is -2.13. The SMILES string of the molecule is COc1ccc(-c2oc3c(C)cc(C)cc3c(=O)c2OCCCOc2ccccc2)cc1OC. The van der Waals surface area contributed by atoms with E-state index >= 15 is 0 Å². The monoisotopic (exact) mass is 460 g/mol. The number of fused-ring (bicyclic) bond motifs is 1.